The van der Waals surface area contributed by atoms with Gasteiger partial charge in [0.05, 0.1) is 11.8 Å². The SMILES string of the molecule is Cc1occc1C(=O)N(Cc1cccnc1)CC1CCCN(C2CCCCC2)C1. The number of rotatable bonds is 6. The lowest BCUT2D eigenvalue weighted by Crippen LogP contribution is -2.47. The van der Waals surface area contributed by atoms with E-state index < -0.39 is 0 Å². The maximum atomic E-state index is 13.3. The molecule has 5 nitrogen and oxygen atoms in total. The fourth-order valence-electron chi connectivity index (χ4n) is 5.04. The Labute approximate surface area is 174 Å². The summed E-state index contributed by atoms with van der Waals surface area (Å²) >= 11 is 0. The molecule has 29 heavy (non-hydrogen) atoms. The van der Waals surface area contributed by atoms with Crippen LogP contribution in [0, 0.1) is 12.8 Å². The Hall–Kier alpha value is -2.14. The van der Waals surface area contributed by atoms with Crippen molar-refractivity contribution in [3.8, 4) is 0 Å². The highest BCUT2D eigenvalue weighted by molar-refractivity contribution is 5.95. The van der Waals surface area contributed by atoms with Gasteiger partial charge in [0.2, 0.25) is 0 Å². The zero-order chi connectivity index (χ0) is 20.1. The summed E-state index contributed by atoms with van der Waals surface area (Å²) in [6.45, 7) is 5.59. The number of amides is 1. The molecular weight excluding hydrogens is 362 g/mol. The fraction of sp³-hybridized carbons (Fsp3) is 0.583. The van der Waals surface area contributed by atoms with Crippen LogP contribution in [0.1, 0.15) is 66.6 Å². The third-order valence-electron chi connectivity index (χ3n) is 6.59. The van der Waals surface area contributed by atoms with Crippen LogP contribution < -0.4 is 0 Å². The second kappa shape index (κ2) is 9.57. The lowest BCUT2D eigenvalue weighted by molar-refractivity contribution is 0.0582. The van der Waals surface area contributed by atoms with Crippen LogP contribution in [0.25, 0.3) is 0 Å². The van der Waals surface area contributed by atoms with Crippen LogP contribution in [-0.2, 0) is 6.54 Å². The summed E-state index contributed by atoms with van der Waals surface area (Å²) in [7, 11) is 0. The van der Waals surface area contributed by atoms with Crippen molar-refractivity contribution >= 4 is 5.91 Å². The first kappa shape index (κ1) is 20.1. The number of piperidine rings is 1. The first-order valence-electron chi connectivity index (χ1n) is 11.2. The molecule has 156 valence electrons. The minimum absolute atomic E-state index is 0.0647. The highest BCUT2D eigenvalue weighted by Crippen LogP contribution is 2.28. The smallest absolute Gasteiger partial charge is 0.257 e. The van der Waals surface area contributed by atoms with Gasteiger partial charge in [-0.1, -0.05) is 25.3 Å². The van der Waals surface area contributed by atoms with Crippen LogP contribution in [0.2, 0.25) is 0 Å². The lowest BCUT2D eigenvalue weighted by atomic mass is 9.90. The molecule has 0 radical (unpaired) electrons. The number of hydrogen-bond donors (Lipinski definition) is 0. The Morgan fingerprint density at radius 1 is 1.21 bits per heavy atom. The molecule has 1 saturated heterocycles. The van der Waals surface area contributed by atoms with E-state index in [1.807, 2.05) is 30.2 Å². The van der Waals surface area contributed by atoms with Crippen molar-refractivity contribution in [1.29, 1.82) is 0 Å². The number of aryl methyl sites for hydroxylation is 1. The van der Waals surface area contributed by atoms with Crippen molar-refractivity contribution in [3.05, 3.63) is 53.7 Å². The molecule has 1 amide bonds. The molecule has 0 spiro atoms. The van der Waals surface area contributed by atoms with E-state index in [2.05, 4.69) is 9.88 Å². The molecule has 5 heteroatoms. The van der Waals surface area contributed by atoms with Crippen LogP contribution in [0.5, 0.6) is 0 Å². The predicted octanol–water partition coefficient (Wildman–Crippen LogP) is 4.67. The number of pyridine rings is 1. The highest BCUT2D eigenvalue weighted by Gasteiger charge is 2.30. The quantitative estimate of drug-likeness (QED) is 0.713. The monoisotopic (exact) mass is 395 g/mol. The van der Waals surface area contributed by atoms with Gasteiger partial charge in [0.1, 0.15) is 5.76 Å². The molecule has 2 aromatic rings. The van der Waals surface area contributed by atoms with Crippen LogP contribution in [0.15, 0.2) is 41.3 Å². The predicted molar refractivity (Wildman–Crippen MR) is 114 cm³/mol. The molecule has 1 aliphatic heterocycles. The fourth-order valence-corrected chi connectivity index (χ4v) is 5.04. The van der Waals surface area contributed by atoms with Crippen LogP contribution in [-0.4, -0.2) is 46.4 Å². The van der Waals surface area contributed by atoms with Crippen molar-refractivity contribution in [2.75, 3.05) is 19.6 Å². The van der Waals surface area contributed by atoms with E-state index in [9.17, 15) is 4.79 Å². The average Bonchev–Trinajstić information content (AvgIpc) is 3.20. The Morgan fingerprint density at radius 3 is 2.79 bits per heavy atom. The molecule has 3 heterocycles. The van der Waals surface area contributed by atoms with Crippen LogP contribution in [0.3, 0.4) is 0 Å². The number of carbonyl (C=O) groups is 1. The van der Waals surface area contributed by atoms with Crippen molar-refractivity contribution in [2.24, 2.45) is 5.92 Å². The summed E-state index contributed by atoms with van der Waals surface area (Å²) in [5.41, 5.74) is 1.75. The van der Waals surface area contributed by atoms with Gasteiger partial charge in [-0.15, -0.1) is 0 Å². The summed E-state index contributed by atoms with van der Waals surface area (Å²) < 4.78 is 5.40. The highest BCUT2D eigenvalue weighted by atomic mass is 16.3. The van der Waals surface area contributed by atoms with Gasteiger partial charge >= 0.3 is 0 Å². The maximum absolute atomic E-state index is 13.3. The van der Waals surface area contributed by atoms with E-state index in [4.69, 9.17) is 4.42 Å². The van der Waals surface area contributed by atoms with Crippen molar-refractivity contribution < 1.29 is 9.21 Å². The van der Waals surface area contributed by atoms with Gasteiger partial charge in [-0.2, -0.15) is 0 Å². The first-order chi connectivity index (χ1) is 14.2. The van der Waals surface area contributed by atoms with E-state index in [0.29, 0.717) is 23.8 Å². The first-order valence-corrected chi connectivity index (χ1v) is 11.2. The lowest BCUT2D eigenvalue weighted by Gasteiger charge is -2.41. The Bertz CT molecular complexity index is 782. The molecule has 2 aliphatic rings. The van der Waals surface area contributed by atoms with E-state index in [-0.39, 0.29) is 5.91 Å². The van der Waals surface area contributed by atoms with Gasteiger partial charge in [0, 0.05) is 38.1 Å². The molecule has 1 saturated carbocycles. The third-order valence-corrected chi connectivity index (χ3v) is 6.59. The number of furan rings is 1. The maximum Gasteiger partial charge on any atom is 0.257 e. The number of hydrogen-bond acceptors (Lipinski definition) is 4. The van der Waals surface area contributed by atoms with Gasteiger partial charge in [-0.25, -0.2) is 0 Å². The number of carbonyl (C=O) groups excluding carboxylic acids is 1. The molecule has 0 aromatic carbocycles. The topological polar surface area (TPSA) is 49.6 Å². The molecule has 2 aromatic heterocycles. The molecule has 1 unspecified atom stereocenters. The van der Waals surface area contributed by atoms with Gasteiger partial charge in [0.15, 0.2) is 0 Å². The molecule has 1 aliphatic carbocycles. The van der Waals surface area contributed by atoms with Gasteiger partial charge in [0.25, 0.3) is 5.91 Å². The van der Waals surface area contributed by atoms with Crippen LogP contribution >= 0.6 is 0 Å². The number of likely N-dealkylation sites (tertiary alicyclic amines) is 1. The van der Waals surface area contributed by atoms with E-state index in [0.717, 1.165) is 24.7 Å². The minimum atomic E-state index is 0.0647. The molecule has 2 fully saturated rings. The minimum Gasteiger partial charge on any atom is -0.469 e. The molecule has 0 bridgehead atoms. The second-order valence-corrected chi connectivity index (χ2v) is 8.73. The average molecular weight is 396 g/mol. The molecule has 0 N–H and O–H groups in total. The number of nitrogens with zero attached hydrogens (tertiary/aromatic N) is 3. The Kier molecular flexibility index (Phi) is 6.65. The van der Waals surface area contributed by atoms with Crippen molar-refractivity contribution in [1.82, 2.24) is 14.8 Å². The molecular formula is C24H33N3O2. The van der Waals surface area contributed by atoms with E-state index >= 15 is 0 Å². The standard InChI is InChI=1S/C24H33N3O2/c1-19-23(11-14-29-19)24(28)27(16-20-7-5-12-25-15-20)18-21-8-6-13-26(17-21)22-9-3-2-4-10-22/h5,7,11-12,14-15,21-22H,2-4,6,8-10,13,16-18H2,1H3. The van der Waals surface area contributed by atoms with Gasteiger partial charge < -0.3 is 14.2 Å². The van der Waals surface area contributed by atoms with Gasteiger partial charge in [-0.05, 0) is 62.8 Å². The Balaban J connectivity index is 1.47. The van der Waals surface area contributed by atoms with Crippen molar-refractivity contribution in [2.45, 2.75) is 64.5 Å². The normalized spacial score (nSPS) is 21.2. The number of aromatic nitrogens is 1. The van der Waals surface area contributed by atoms with Crippen LogP contribution in [0.4, 0.5) is 0 Å². The van der Waals surface area contributed by atoms with Gasteiger partial charge in [-0.3, -0.25) is 9.78 Å². The zero-order valence-electron chi connectivity index (χ0n) is 17.6. The summed E-state index contributed by atoms with van der Waals surface area (Å²) in [6, 6.07) is 6.53. The molecule has 4 rings (SSSR count). The van der Waals surface area contributed by atoms with Crippen molar-refractivity contribution in [3.63, 3.8) is 0 Å². The largest absolute Gasteiger partial charge is 0.469 e. The molecule has 1 atom stereocenters. The second-order valence-electron chi connectivity index (χ2n) is 8.73. The summed E-state index contributed by atoms with van der Waals surface area (Å²) in [5.74, 6) is 1.28. The third kappa shape index (κ3) is 5.08. The van der Waals surface area contributed by atoms with E-state index in [1.54, 1.807) is 18.5 Å². The zero-order valence-corrected chi connectivity index (χ0v) is 17.6. The summed E-state index contributed by atoms with van der Waals surface area (Å²) in [5, 5.41) is 0. The van der Waals surface area contributed by atoms with E-state index in [1.165, 1.54) is 51.5 Å². The summed E-state index contributed by atoms with van der Waals surface area (Å²) in [6.07, 6.45) is 14.5. The Morgan fingerprint density at radius 2 is 2.07 bits per heavy atom. The summed E-state index contributed by atoms with van der Waals surface area (Å²) in [4.78, 5) is 22.3.